The molecular weight excluding hydrogens is 416 g/mol. The second-order valence-electron chi connectivity index (χ2n) is 8.60. The average Bonchev–Trinajstić information content (AvgIpc) is 2.67. The first kappa shape index (κ1) is 22.9. The number of rotatable bonds is 6. The zero-order valence-corrected chi connectivity index (χ0v) is 19.6. The second kappa shape index (κ2) is 8.42. The summed E-state index contributed by atoms with van der Waals surface area (Å²) in [5.74, 6) is 0.956. The van der Waals surface area contributed by atoms with Crippen molar-refractivity contribution < 1.29 is 22.7 Å². The Hall–Kier alpha value is -2.74. The van der Waals surface area contributed by atoms with Crippen LogP contribution in [0.25, 0.3) is 0 Å². The lowest BCUT2D eigenvalue weighted by Crippen LogP contribution is -2.50. The Balaban J connectivity index is 1.89. The quantitative estimate of drug-likeness (QED) is 0.733. The summed E-state index contributed by atoms with van der Waals surface area (Å²) in [5, 5.41) is 3.05. The van der Waals surface area contributed by atoms with Crippen molar-refractivity contribution in [1.29, 1.82) is 0 Å². The molecule has 168 valence electrons. The fourth-order valence-corrected chi connectivity index (χ4v) is 5.11. The van der Waals surface area contributed by atoms with Gasteiger partial charge in [0, 0.05) is 12.0 Å². The molecule has 1 N–H and O–H groups in total. The molecule has 1 amide bonds. The number of hydrogen-bond acceptors (Lipinski definition) is 5. The molecule has 2 atom stereocenters. The van der Waals surface area contributed by atoms with E-state index in [1.165, 1.54) is 7.11 Å². The van der Waals surface area contributed by atoms with Crippen molar-refractivity contribution in [3.63, 3.8) is 0 Å². The van der Waals surface area contributed by atoms with Crippen LogP contribution in [0.5, 0.6) is 11.5 Å². The van der Waals surface area contributed by atoms with Gasteiger partial charge in [-0.3, -0.25) is 9.10 Å². The maximum absolute atomic E-state index is 13.2. The predicted octanol–water partition coefficient (Wildman–Crippen LogP) is 3.58. The lowest BCUT2D eigenvalue weighted by atomic mass is 9.89. The summed E-state index contributed by atoms with van der Waals surface area (Å²) < 4.78 is 37.5. The van der Waals surface area contributed by atoms with E-state index in [0.717, 1.165) is 27.4 Å². The predicted molar refractivity (Wildman–Crippen MR) is 121 cm³/mol. The number of aryl methyl sites for hydroxylation is 1. The van der Waals surface area contributed by atoms with Crippen LogP contribution in [0.4, 0.5) is 5.69 Å². The Labute approximate surface area is 184 Å². The lowest BCUT2D eigenvalue weighted by Gasteiger charge is -2.39. The molecule has 0 spiro atoms. The highest BCUT2D eigenvalue weighted by Gasteiger charge is 2.37. The Bertz CT molecular complexity index is 1060. The van der Waals surface area contributed by atoms with Gasteiger partial charge in [0.05, 0.1) is 25.1 Å². The minimum absolute atomic E-state index is 0.286. The van der Waals surface area contributed by atoms with E-state index in [2.05, 4.69) is 5.32 Å². The summed E-state index contributed by atoms with van der Waals surface area (Å²) >= 11 is 0. The molecule has 0 saturated carbocycles. The number of carbonyl (C=O) groups excluding carboxylic acids is 1. The van der Waals surface area contributed by atoms with Crippen molar-refractivity contribution in [2.45, 2.75) is 51.8 Å². The highest BCUT2D eigenvalue weighted by molar-refractivity contribution is 7.92. The van der Waals surface area contributed by atoms with Gasteiger partial charge in [0.25, 0.3) is 0 Å². The van der Waals surface area contributed by atoms with Gasteiger partial charge < -0.3 is 14.8 Å². The third-order valence-electron chi connectivity index (χ3n) is 5.35. The largest absolute Gasteiger partial charge is 0.497 e. The number of methoxy groups -OCH3 is 1. The SMILES string of the molecule is COc1ccc(N([C@H](C)C(=O)N[C@@H]2CC(C)(C)Oc3ccc(C)cc32)S(C)(=O)=O)cc1. The molecule has 31 heavy (non-hydrogen) atoms. The van der Waals surface area contributed by atoms with E-state index in [4.69, 9.17) is 9.47 Å². The molecule has 2 aromatic carbocycles. The molecule has 0 aromatic heterocycles. The molecule has 0 saturated heterocycles. The number of sulfonamides is 1. The van der Waals surface area contributed by atoms with Gasteiger partial charge >= 0.3 is 0 Å². The third-order valence-corrected chi connectivity index (χ3v) is 6.60. The number of hydrogen-bond donors (Lipinski definition) is 1. The molecular formula is C23H30N2O5S. The van der Waals surface area contributed by atoms with Gasteiger partial charge in [-0.1, -0.05) is 17.7 Å². The zero-order valence-electron chi connectivity index (χ0n) is 18.8. The van der Waals surface area contributed by atoms with Gasteiger partial charge in [0.15, 0.2) is 0 Å². The monoisotopic (exact) mass is 446 g/mol. The van der Waals surface area contributed by atoms with Crippen LogP contribution < -0.4 is 19.1 Å². The van der Waals surface area contributed by atoms with Crippen LogP contribution in [0, 0.1) is 6.92 Å². The van der Waals surface area contributed by atoms with Crippen LogP contribution in [0.3, 0.4) is 0 Å². The van der Waals surface area contributed by atoms with Crippen LogP contribution in [0.15, 0.2) is 42.5 Å². The normalized spacial score (nSPS) is 18.3. The maximum Gasteiger partial charge on any atom is 0.244 e. The number of carbonyl (C=O) groups is 1. The first-order valence-electron chi connectivity index (χ1n) is 10.1. The van der Waals surface area contributed by atoms with E-state index in [-0.39, 0.29) is 11.9 Å². The van der Waals surface area contributed by atoms with Gasteiger partial charge in [-0.15, -0.1) is 0 Å². The number of amides is 1. The molecule has 0 radical (unpaired) electrons. The van der Waals surface area contributed by atoms with E-state index >= 15 is 0 Å². The minimum atomic E-state index is -3.71. The van der Waals surface area contributed by atoms with Crippen LogP contribution >= 0.6 is 0 Å². The van der Waals surface area contributed by atoms with Crippen molar-refractivity contribution in [2.24, 2.45) is 0 Å². The van der Waals surface area contributed by atoms with Gasteiger partial charge in [0.1, 0.15) is 23.1 Å². The van der Waals surface area contributed by atoms with Crippen LogP contribution in [0.2, 0.25) is 0 Å². The molecule has 0 unspecified atom stereocenters. The first-order valence-corrected chi connectivity index (χ1v) is 12.0. The maximum atomic E-state index is 13.2. The molecule has 2 aromatic rings. The van der Waals surface area contributed by atoms with Crippen LogP contribution in [-0.2, 0) is 14.8 Å². The van der Waals surface area contributed by atoms with E-state index in [0.29, 0.717) is 17.9 Å². The topological polar surface area (TPSA) is 84.9 Å². The van der Waals surface area contributed by atoms with Crippen LogP contribution in [-0.4, -0.2) is 39.3 Å². The smallest absolute Gasteiger partial charge is 0.244 e. The number of nitrogens with zero attached hydrogens (tertiary/aromatic N) is 1. The van der Waals surface area contributed by atoms with Crippen molar-refractivity contribution in [3.8, 4) is 11.5 Å². The summed E-state index contributed by atoms with van der Waals surface area (Å²) in [6.45, 7) is 7.51. The van der Waals surface area contributed by atoms with Crippen molar-refractivity contribution in [2.75, 3.05) is 17.7 Å². The molecule has 3 rings (SSSR count). The van der Waals surface area contributed by atoms with Gasteiger partial charge in [0.2, 0.25) is 15.9 Å². The summed E-state index contributed by atoms with van der Waals surface area (Å²) in [6, 6.07) is 11.2. The molecule has 0 bridgehead atoms. The molecule has 1 aliphatic rings. The van der Waals surface area contributed by atoms with Gasteiger partial charge in [-0.2, -0.15) is 0 Å². The van der Waals surface area contributed by atoms with Crippen LogP contribution in [0.1, 0.15) is 44.4 Å². The molecule has 7 nitrogen and oxygen atoms in total. The van der Waals surface area contributed by atoms with Gasteiger partial charge in [-0.05, 0) is 58.0 Å². The minimum Gasteiger partial charge on any atom is -0.497 e. The second-order valence-corrected chi connectivity index (χ2v) is 10.5. The van der Waals surface area contributed by atoms with E-state index < -0.39 is 21.7 Å². The molecule has 0 fully saturated rings. The third kappa shape index (κ3) is 5.12. The van der Waals surface area contributed by atoms with Crippen molar-refractivity contribution >= 4 is 21.6 Å². The first-order chi connectivity index (χ1) is 14.4. The number of nitrogens with one attached hydrogen (secondary N) is 1. The Morgan fingerprint density at radius 3 is 2.45 bits per heavy atom. The molecule has 1 heterocycles. The Morgan fingerprint density at radius 1 is 1.23 bits per heavy atom. The highest BCUT2D eigenvalue weighted by Crippen LogP contribution is 2.40. The van der Waals surface area contributed by atoms with E-state index in [1.54, 1.807) is 31.2 Å². The number of benzene rings is 2. The Kier molecular flexibility index (Phi) is 6.23. The molecule has 0 aliphatic carbocycles. The zero-order chi connectivity index (χ0) is 23.0. The average molecular weight is 447 g/mol. The lowest BCUT2D eigenvalue weighted by molar-refractivity contribution is -0.123. The summed E-state index contributed by atoms with van der Waals surface area (Å²) in [7, 11) is -2.17. The molecule has 8 heteroatoms. The Morgan fingerprint density at radius 2 is 1.87 bits per heavy atom. The summed E-state index contributed by atoms with van der Waals surface area (Å²) in [6.07, 6.45) is 1.67. The van der Waals surface area contributed by atoms with Gasteiger partial charge in [-0.25, -0.2) is 8.42 Å². The van der Waals surface area contributed by atoms with E-state index in [1.807, 2.05) is 39.0 Å². The van der Waals surface area contributed by atoms with Crippen molar-refractivity contribution in [1.82, 2.24) is 5.32 Å². The number of anilines is 1. The standard InChI is InChI=1S/C23H30N2O5S/c1-15-7-12-21-19(13-15)20(14-23(3,4)30-21)24-22(26)16(2)25(31(6,27)28)17-8-10-18(29-5)11-9-17/h7-13,16,20H,14H2,1-6H3,(H,24,26)/t16-,20-/m1/s1. The fraction of sp³-hybridized carbons (Fsp3) is 0.435. The summed E-state index contributed by atoms with van der Waals surface area (Å²) in [4.78, 5) is 13.2. The highest BCUT2D eigenvalue weighted by atomic mass is 32.2. The van der Waals surface area contributed by atoms with Crippen molar-refractivity contribution in [3.05, 3.63) is 53.6 Å². The molecule has 1 aliphatic heterocycles. The fourth-order valence-electron chi connectivity index (χ4n) is 3.93. The summed E-state index contributed by atoms with van der Waals surface area (Å²) in [5.41, 5.74) is 1.89. The van der Waals surface area contributed by atoms with E-state index in [9.17, 15) is 13.2 Å². The number of fused-ring (bicyclic) bond motifs is 1. The number of ether oxygens (including phenoxy) is 2.